The molecule has 1 atom stereocenters. The van der Waals surface area contributed by atoms with Gasteiger partial charge in [0.1, 0.15) is 22.8 Å². The smallest absolute Gasteiger partial charge is 0.338 e. The van der Waals surface area contributed by atoms with E-state index in [1.165, 1.54) is 0 Å². The number of carbonyl (C=O) groups is 3. The molecular formula is C24H37NO6. The van der Waals surface area contributed by atoms with E-state index in [0.717, 1.165) is 5.56 Å². The molecule has 0 radical (unpaired) electrons. The predicted octanol–water partition coefficient (Wildman–Crippen LogP) is 4.17. The van der Waals surface area contributed by atoms with Crippen LogP contribution in [0.4, 0.5) is 0 Å². The summed E-state index contributed by atoms with van der Waals surface area (Å²) in [6, 6.07) is 6.04. The van der Waals surface area contributed by atoms with Gasteiger partial charge in [-0.3, -0.25) is 14.9 Å². The maximum Gasteiger partial charge on any atom is 0.338 e. The maximum atomic E-state index is 12.6. The van der Waals surface area contributed by atoms with Gasteiger partial charge in [0.2, 0.25) is 0 Å². The molecule has 0 heterocycles. The number of rotatable bonds is 7. The van der Waals surface area contributed by atoms with Gasteiger partial charge in [-0.15, -0.1) is 0 Å². The number of ether oxygens (including phenoxy) is 3. The Labute approximate surface area is 185 Å². The summed E-state index contributed by atoms with van der Waals surface area (Å²) in [7, 11) is 0. The Balaban J connectivity index is 2.92. The Morgan fingerprint density at radius 2 is 1.39 bits per heavy atom. The van der Waals surface area contributed by atoms with Gasteiger partial charge in [-0.25, -0.2) is 4.79 Å². The first-order valence-corrected chi connectivity index (χ1v) is 10.5. The van der Waals surface area contributed by atoms with Crippen molar-refractivity contribution in [3.05, 3.63) is 35.4 Å². The number of esters is 3. The lowest BCUT2D eigenvalue weighted by Crippen LogP contribution is -2.43. The highest BCUT2D eigenvalue weighted by Gasteiger charge is 2.29. The summed E-state index contributed by atoms with van der Waals surface area (Å²) in [5, 5.41) is 3.06. The molecule has 0 saturated carbocycles. The van der Waals surface area contributed by atoms with Gasteiger partial charge in [0.25, 0.3) is 0 Å². The van der Waals surface area contributed by atoms with E-state index in [2.05, 4.69) is 5.32 Å². The zero-order valence-corrected chi connectivity index (χ0v) is 20.3. The summed E-state index contributed by atoms with van der Waals surface area (Å²) in [5.41, 5.74) is -0.768. The molecule has 1 aromatic carbocycles. The Morgan fingerprint density at radius 1 is 0.839 bits per heavy atom. The first kappa shape index (κ1) is 26.6. The van der Waals surface area contributed by atoms with Crippen LogP contribution in [0.2, 0.25) is 0 Å². The second-order valence-corrected chi connectivity index (χ2v) is 10.5. The van der Waals surface area contributed by atoms with Crippen LogP contribution in [0.15, 0.2) is 24.3 Å². The van der Waals surface area contributed by atoms with E-state index in [1.807, 2.05) is 6.07 Å². The fraction of sp³-hybridized carbons (Fsp3) is 0.625. The molecule has 31 heavy (non-hydrogen) atoms. The van der Waals surface area contributed by atoms with Crippen molar-refractivity contribution in [3.63, 3.8) is 0 Å². The zero-order chi connectivity index (χ0) is 24.0. The van der Waals surface area contributed by atoms with Crippen LogP contribution in [-0.2, 0) is 30.3 Å². The molecule has 0 bridgehead atoms. The summed E-state index contributed by atoms with van der Waals surface area (Å²) in [6.07, 6.45) is -0.169. The first-order chi connectivity index (χ1) is 14.0. The van der Waals surface area contributed by atoms with Crippen LogP contribution in [0.3, 0.4) is 0 Å². The van der Waals surface area contributed by atoms with Crippen molar-refractivity contribution in [3.8, 4) is 0 Å². The van der Waals surface area contributed by atoms with Crippen molar-refractivity contribution in [1.29, 1.82) is 0 Å². The molecule has 1 rings (SSSR count). The molecule has 0 saturated heterocycles. The fourth-order valence-electron chi connectivity index (χ4n) is 2.55. The third kappa shape index (κ3) is 11.5. The SMILES string of the molecule is CC(C)(C)OC(=O)C[C@H](NCc1cccc(C(=O)OC(C)(C)C)c1)C(=O)OC(C)(C)C. The molecule has 0 spiro atoms. The van der Waals surface area contributed by atoms with Crippen molar-refractivity contribution >= 4 is 17.9 Å². The Hall–Kier alpha value is -2.41. The van der Waals surface area contributed by atoms with Gasteiger partial charge < -0.3 is 14.2 Å². The van der Waals surface area contributed by atoms with E-state index in [1.54, 1.807) is 80.5 Å². The van der Waals surface area contributed by atoms with Gasteiger partial charge >= 0.3 is 17.9 Å². The molecular weight excluding hydrogens is 398 g/mol. The van der Waals surface area contributed by atoms with Gasteiger partial charge in [-0.2, -0.15) is 0 Å². The zero-order valence-electron chi connectivity index (χ0n) is 20.3. The van der Waals surface area contributed by atoms with E-state index in [4.69, 9.17) is 14.2 Å². The number of nitrogens with one attached hydrogen (secondary N) is 1. The normalized spacial score (nSPS) is 13.3. The molecule has 0 unspecified atom stereocenters. The second-order valence-electron chi connectivity index (χ2n) is 10.5. The highest BCUT2D eigenvalue weighted by Crippen LogP contribution is 2.16. The average Bonchev–Trinajstić information content (AvgIpc) is 2.54. The number of hydrogen-bond acceptors (Lipinski definition) is 7. The second kappa shape index (κ2) is 10.3. The number of hydrogen-bond donors (Lipinski definition) is 1. The summed E-state index contributed by atoms with van der Waals surface area (Å²) in [5.74, 6) is -1.47. The molecule has 174 valence electrons. The molecule has 1 aromatic rings. The first-order valence-electron chi connectivity index (χ1n) is 10.5. The summed E-state index contributed by atoms with van der Waals surface area (Å²) >= 11 is 0. The van der Waals surface area contributed by atoms with Gasteiger partial charge in [0.15, 0.2) is 0 Å². The predicted molar refractivity (Wildman–Crippen MR) is 119 cm³/mol. The molecule has 1 N–H and O–H groups in total. The number of benzene rings is 1. The van der Waals surface area contributed by atoms with Crippen LogP contribution in [-0.4, -0.2) is 40.8 Å². The summed E-state index contributed by atoms with van der Waals surface area (Å²) in [4.78, 5) is 37.3. The highest BCUT2D eigenvalue weighted by molar-refractivity contribution is 5.89. The lowest BCUT2D eigenvalue weighted by Gasteiger charge is -2.26. The molecule has 0 amide bonds. The molecule has 7 heteroatoms. The van der Waals surface area contributed by atoms with Crippen LogP contribution < -0.4 is 5.32 Å². The Bertz CT molecular complexity index is 780. The van der Waals surface area contributed by atoms with Crippen LogP contribution in [0.5, 0.6) is 0 Å². The monoisotopic (exact) mass is 435 g/mol. The topological polar surface area (TPSA) is 90.9 Å². The van der Waals surface area contributed by atoms with Crippen molar-refractivity contribution in [2.45, 2.75) is 98.1 Å². The van der Waals surface area contributed by atoms with E-state index in [-0.39, 0.29) is 13.0 Å². The third-order valence-corrected chi connectivity index (χ3v) is 3.60. The minimum absolute atomic E-state index is 0.169. The van der Waals surface area contributed by atoms with Crippen molar-refractivity contribution in [1.82, 2.24) is 5.32 Å². The summed E-state index contributed by atoms with van der Waals surface area (Å²) in [6.45, 7) is 16.3. The highest BCUT2D eigenvalue weighted by atomic mass is 16.6. The molecule has 0 fully saturated rings. The van der Waals surface area contributed by atoms with Gasteiger partial charge in [0, 0.05) is 6.54 Å². The van der Waals surface area contributed by atoms with Crippen LogP contribution >= 0.6 is 0 Å². The fourth-order valence-corrected chi connectivity index (χ4v) is 2.55. The lowest BCUT2D eigenvalue weighted by atomic mass is 10.1. The van der Waals surface area contributed by atoms with Crippen LogP contribution in [0.25, 0.3) is 0 Å². The largest absolute Gasteiger partial charge is 0.460 e. The molecule has 7 nitrogen and oxygen atoms in total. The quantitative estimate of drug-likeness (QED) is 0.508. The van der Waals surface area contributed by atoms with Crippen LogP contribution in [0.1, 0.15) is 84.7 Å². The van der Waals surface area contributed by atoms with Crippen molar-refractivity contribution < 1.29 is 28.6 Å². The lowest BCUT2D eigenvalue weighted by molar-refractivity contribution is -0.164. The third-order valence-electron chi connectivity index (χ3n) is 3.60. The van der Waals surface area contributed by atoms with Gasteiger partial charge in [0.05, 0.1) is 12.0 Å². The van der Waals surface area contributed by atoms with Crippen molar-refractivity contribution in [2.75, 3.05) is 0 Å². The van der Waals surface area contributed by atoms with E-state index >= 15 is 0 Å². The molecule has 0 aliphatic heterocycles. The summed E-state index contributed by atoms with van der Waals surface area (Å²) < 4.78 is 16.2. The van der Waals surface area contributed by atoms with E-state index < -0.39 is 40.8 Å². The minimum Gasteiger partial charge on any atom is -0.460 e. The molecule has 0 aliphatic rings. The van der Waals surface area contributed by atoms with Gasteiger partial charge in [-0.1, -0.05) is 12.1 Å². The Morgan fingerprint density at radius 3 is 1.90 bits per heavy atom. The molecule has 0 aliphatic carbocycles. The molecule has 0 aromatic heterocycles. The number of carbonyl (C=O) groups excluding carboxylic acids is 3. The minimum atomic E-state index is -0.890. The van der Waals surface area contributed by atoms with Crippen LogP contribution in [0, 0.1) is 0 Å². The van der Waals surface area contributed by atoms with Crippen molar-refractivity contribution in [2.24, 2.45) is 0 Å². The van der Waals surface area contributed by atoms with E-state index in [0.29, 0.717) is 5.56 Å². The maximum absolute atomic E-state index is 12.6. The standard InChI is InChI=1S/C24H37NO6/c1-22(2,3)29-19(26)14-18(21(28)31-24(7,8)9)25-15-16-11-10-12-17(13-16)20(27)30-23(4,5)6/h10-13,18,25H,14-15H2,1-9H3/t18-/m0/s1. The van der Waals surface area contributed by atoms with Gasteiger partial charge in [-0.05, 0) is 80.0 Å². The average molecular weight is 436 g/mol. The Kier molecular flexibility index (Phi) is 8.82. The van der Waals surface area contributed by atoms with E-state index in [9.17, 15) is 14.4 Å².